The summed E-state index contributed by atoms with van der Waals surface area (Å²) in [5, 5.41) is 2.97. The molecule has 1 aliphatic rings. The van der Waals surface area contributed by atoms with Gasteiger partial charge in [0, 0.05) is 45.1 Å². The number of benzene rings is 1. The molecule has 0 radical (unpaired) electrons. The molecule has 7 heteroatoms. The topological polar surface area (TPSA) is 70.6 Å². The Balaban J connectivity index is 1.40. The fraction of sp³-hybridized carbons (Fsp3) is 0.389. The zero-order chi connectivity index (χ0) is 17.5. The van der Waals surface area contributed by atoms with E-state index in [1.165, 1.54) is 0 Å². The first-order valence-electron chi connectivity index (χ1n) is 8.37. The van der Waals surface area contributed by atoms with Crippen LogP contribution in [0, 0.1) is 0 Å². The third-order valence-electron chi connectivity index (χ3n) is 4.26. The summed E-state index contributed by atoms with van der Waals surface area (Å²) in [4.78, 5) is 24.9. The van der Waals surface area contributed by atoms with Crippen molar-refractivity contribution in [3.05, 3.63) is 48.4 Å². The average molecular weight is 341 g/mol. The van der Waals surface area contributed by atoms with Crippen LogP contribution in [0.5, 0.6) is 5.75 Å². The van der Waals surface area contributed by atoms with Gasteiger partial charge in [0.05, 0.1) is 19.9 Å². The minimum absolute atomic E-state index is 0.0452. The summed E-state index contributed by atoms with van der Waals surface area (Å²) < 4.78 is 5.13. The van der Waals surface area contributed by atoms with Crippen LogP contribution in [-0.4, -0.2) is 60.6 Å². The smallest absolute Gasteiger partial charge is 0.234 e. The molecule has 1 aromatic carbocycles. The first-order valence-corrected chi connectivity index (χ1v) is 8.37. The second kappa shape index (κ2) is 8.43. The average Bonchev–Trinajstić information content (AvgIpc) is 2.68. The molecular weight excluding hydrogens is 318 g/mol. The van der Waals surface area contributed by atoms with E-state index in [1.54, 1.807) is 25.7 Å². The van der Waals surface area contributed by atoms with E-state index in [1.807, 2.05) is 24.3 Å². The van der Waals surface area contributed by atoms with Gasteiger partial charge in [-0.1, -0.05) is 12.1 Å². The number of amides is 1. The largest absolute Gasteiger partial charge is 0.497 e. The van der Waals surface area contributed by atoms with Crippen molar-refractivity contribution in [1.82, 2.24) is 20.2 Å². The van der Waals surface area contributed by atoms with Gasteiger partial charge in [0.15, 0.2) is 0 Å². The highest BCUT2D eigenvalue weighted by Gasteiger charge is 2.19. The predicted octanol–water partition coefficient (Wildman–Crippen LogP) is 0.924. The summed E-state index contributed by atoms with van der Waals surface area (Å²) in [7, 11) is 1.64. The van der Waals surface area contributed by atoms with Crippen molar-refractivity contribution < 1.29 is 9.53 Å². The number of nitrogens with zero attached hydrogens (tertiary/aromatic N) is 4. The Morgan fingerprint density at radius 1 is 1.16 bits per heavy atom. The summed E-state index contributed by atoms with van der Waals surface area (Å²) in [5.74, 6) is 1.76. The van der Waals surface area contributed by atoms with Crippen LogP contribution in [0.3, 0.4) is 0 Å². The van der Waals surface area contributed by atoms with Crippen LogP contribution in [0.25, 0.3) is 0 Å². The van der Waals surface area contributed by atoms with Gasteiger partial charge in [-0.25, -0.2) is 4.98 Å². The standard InChI is InChI=1S/C18H23N5O2/c1-25-16-4-2-15(3-5-16)12-21-18(24)14-22-8-10-23(11-9-22)17-13-19-6-7-20-17/h2-7,13H,8-12,14H2,1H3,(H,21,24). The van der Waals surface area contributed by atoms with Gasteiger partial charge in [-0.3, -0.25) is 14.7 Å². The molecule has 0 spiro atoms. The Labute approximate surface area is 147 Å². The molecule has 2 aromatic rings. The summed E-state index contributed by atoms with van der Waals surface area (Å²) in [6.45, 7) is 4.33. The molecular formula is C18H23N5O2. The first kappa shape index (κ1) is 17.2. The molecule has 0 aliphatic carbocycles. The summed E-state index contributed by atoms with van der Waals surface area (Å²) >= 11 is 0. The number of anilines is 1. The van der Waals surface area contributed by atoms with Crippen LogP contribution >= 0.6 is 0 Å². The van der Waals surface area contributed by atoms with E-state index >= 15 is 0 Å². The molecule has 2 heterocycles. The van der Waals surface area contributed by atoms with E-state index in [2.05, 4.69) is 25.1 Å². The third-order valence-corrected chi connectivity index (χ3v) is 4.26. The zero-order valence-electron chi connectivity index (χ0n) is 14.4. The van der Waals surface area contributed by atoms with Crippen LogP contribution in [0.15, 0.2) is 42.9 Å². The molecule has 7 nitrogen and oxygen atoms in total. The lowest BCUT2D eigenvalue weighted by Crippen LogP contribution is -2.49. The lowest BCUT2D eigenvalue weighted by molar-refractivity contribution is -0.122. The molecule has 3 rings (SSSR count). The minimum atomic E-state index is 0.0452. The minimum Gasteiger partial charge on any atom is -0.497 e. The van der Waals surface area contributed by atoms with Crippen molar-refractivity contribution in [2.24, 2.45) is 0 Å². The number of rotatable bonds is 6. The highest BCUT2D eigenvalue weighted by molar-refractivity contribution is 5.78. The van der Waals surface area contributed by atoms with Crippen LogP contribution < -0.4 is 15.0 Å². The Hall–Kier alpha value is -2.67. The fourth-order valence-electron chi connectivity index (χ4n) is 2.79. The van der Waals surface area contributed by atoms with Crippen molar-refractivity contribution in [3.63, 3.8) is 0 Å². The third kappa shape index (κ3) is 4.90. The van der Waals surface area contributed by atoms with Crippen LogP contribution in [0.4, 0.5) is 5.82 Å². The van der Waals surface area contributed by atoms with E-state index in [0.717, 1.165) is 43.3 Å². The first-order chi connectivity index (χ1) is 12.2. The second-order valence-electron chi connectivity index (χ2n) is 5.95. The predicted molar refractivity (Wildman–Crippen MR) is 95.5 cm³/mol. The van der Waals surface area contributed by atoms with Crippen molar-refractivity contribution >= 4 is 11.7 Å². The number of methoxy groups -OCH3 is 1. The molecule has 132 valence electrons. The van der Waals surface area contributed by atoms with Gasteiger partial charge >= 0.3 is 0 Å². The molecule has 1 saturated heterocycles. The normalized spacial score (nSPS) is 15.0. The highest BCUT2D eigenvalue weighted by atomic mass is 16.5. The van der Waals surface area contributed by atoms with Crippen molar-refractivity contribution in [2.45, 2.75) is 6.54 Å². The summed E-state index contributed by atoms with van der Waals surface area (Å²) in [6, 6.07) is 7.71. The van der Waals surface area contributed by atoms with Gasteiger partial charge in [0.1, 0.15) is 11.6 Å². The molecule has 0 atom stereocenters. The quantitative estimate of drug-likeness (QED) is 0.843. The Morgan fingerprint density at radius 3 is 2.56 bits per heavy atom. The van der Waals surface area contributed by atoms with Crippen LogP contribution in [-0.2, 0) is 11.3 Å². The second-order valence-corrected chi connectivity index (χ2v) is 5.95. The molecule has 1 aromatic heterocycles. The Bertz CT molecular complexity index is 670. The number of ether oxygens (including phenoxy) is 1. The molecule has 1 amide bonds. The van der Waals surface area contributed by atoms with E-state index in [4.69, 9.17) is 4.74 Å². The SMILES string of the molecule is COc1ccc(CNC(=O)CN2CCN(c3cnccn3)CC2)cc1. The lowest BCUT2D eigenvalue weighted by Gasteiger charge is -2.34. The number of carbonyl (C=O) groups excluding carboxylic acids is 1. The fourth-order valence-corrected chi connectivity index (χ4v) is 2.79. The molecule has 0 unspecified atom stereocenters. The number of nitrogens with one attached hydrogen (secondary N) is 1. The zero-order valence-corrected chi connectivity index (χ0v) is 14.4. The maximum atomic E-state index is 12.1. The van der Waals surface area contributed by atoms with Crippen molar-refractivity contribution in [3.8, 4) is 5.75 Å². The number of aromatic nitrogens is 2. The van der Waals surface area contributed by atoms with Crippen LogP contribution in [0.2, 0.25) is 0 Å². The van der Waals surface area contributed by atoms with Gasteiger partial charge in [0.25, 0.3) is 0 Å². The van der Waals surface area contributed by atoms with E-state index < -0.39 is 0 Å². The van der Waals surface area contributed by atoms with Gasteiger partial charge in [0.2, 0.25) is 5.91 Å². The highest BCUT2D eigenvalue weighted by Crippen LogP contribution is 2.12. The Morgan fingerprint density at radius 2 is 1.92 bits per heavy atom. The number of piperazine rings is 1. The van der Waals surface area contributed by atoms with Gasteiger partial charge in [-0.2, -0.15) is 0 Å². The van der Waals surface area contributed by atoms with E-state index in [9.17, 15) is 4.79 Å². The Kier molecular flexibility index (Phi) is 5.79. The van der Waals surface area contributed by atoms with Crippen molar-refractivity contribution in [2.75, 3.05) is 44.7 Å². The summed E-state index contributed by atoms with van der Waals surface area (Å²) in [5.41, 5.74) is 1.06. The summed E-state index contributed by atoms with van der Waals surface area (Å²) in [6.07, 6.45) is 5.15. The molecule has 25 heavy (non-hydrogen) atoms. The van der Waals surface area contributed by atoms with E-state index in [-0.39, 0.29) is 5.91 Å². The number of hydrogen-bond donors (Lipinski definition) is 1. The van der Waals surface area contributed by atoms with Gasteiger partial charge in [-0.05, 0) is 17.7 Å². The monoisotopic (exact) mass is 341 g/mol. The maximum Gasteiger partial charge on any atom is 0.234 e. The molecule has 1 fully saturated rings. The number of carbonyl (C=O) groups is 1. The molecule has 0 saturated carbocycles. The van der Waals surface area contributed by atoms with Crippen molar-refractivity contribution in [1.29, 1.82) is 0 Å². The number of hydrogen-bond acceptors (Lipinski definition) is 6. The van der Waals surface area contributed by atoms with E-state index in [0.29, 0.717) is 13.1 Å². The van der Waals surface area contributed by atoms with Gasteiger partial charge in [-0.15, -0.1) is 0 Å². The maximum absolute atomic E-state index is 12.1. The molecule has 1 aliphatic heterocycles. The lowest BCUT2D eigenvalue weighted by atomic mass is 10.2. The molecule has 0 bridgehead atoms. The molecule has 1 N–H and O–H groups in total. The van der Waals surface area contributed by atoms with Gasteiger partial charge < -0.3 is 15.0 Å². The van der Waals surface area contributed by atoms with Crippen LogP contribution in [0.1, 0.15) is 5.56 Å².